The third kappa shape index (κ3) is 4.57. The Kier molecular flexibility index (Phi) is 4.29. The average molecular weight is 234 g/mol. The Morgan fingerprint density at radius 1 is 1.29 bits per heavy atom. The summed E-state index contributed by atoms with van der Waals surface area (Å²) in [6.07, 6.45) is 0.855. The standard InChI is InChI=1S/C14H22N2O/c1-10(15)9-11-5-7-12(8-6-11)16-13(17)14(2,3)4/h5-8,10H,9,15H2,1-4H3,(H,16,17). The topological polar surface area (TPSA) is 55.1 Å². The van der Waals surface area contributed by atoms with Crippen molar-refractivity contribution >= 4 is 11.6 Å². The fourth-order valence-electron chi connectivity index (χ4n) is 1.41. The molecule has 1 aromatic carbocycles. The van der Waals surface area contributed by atoms with Crippen LogP contribution >= 0.6 is 0 Å². The molecule has 0 aliphatic carbocycles. The normalized spacial score (nSPS) is 13.2. The second-order valence-electron chi connectivity index (χ2n) is 5.58. The fraction of sp³-hybridized carbons (Fsp3) is 0.500. The average Bonchev–Trinajstić information content (AvgIpc) is 2.18. The highest BCUT2D eigenvalue weighted by molar-refractivity contribution is 5.94. The molecule has 3 nitrogen and oxygen atoms in total. The van der Waals surface area contributed by atoms with E-state index in [4.69, 9.17) is 5.73 Å². The third-order valence-corrected chi connectivity index (χ3v) is 2.45. The minimum Gasteiger partial charge on any atom is -0.328 e. The molecule has 0 heterocycles. The van der Waals surface area contributed by atoms with Gasteiger partial charge in [-0.2, -0.15) is 0 Å². The van der Waals surface area contributed by atoms with Crippen LogP contribution in [0.3, 0.4) is 0 Å². The molecule has 1 rings (SSSR count). The van der Waals surface area contributed by atoms with Gasteiger partial charge in [-0.3, -0.25) is 4.79 Å². The van der Waals surface area contributed by atoms with Crippen LogP contribution in [0.2, 0.25) is 0 Å². The molecule has 3 heteroatoms. The van der Waals surface area contributed by atoms with Crippen LogP contribution in [-0.2, 0) is 11.2 Å². The van der Waals surface area contributed by atoms with Gasteiger partial charge in [0.25, 0.3) is 0 Å². The number of nitrogens with one attached hydrogen (secondary N) is 1. The zero-order chi connectivity index (χ0) is 13.1. The minimum absolute atomic E-state index is 0.0254. The lowest BCUT2D eigenvalue weighted by Gasteiger charge is -2.17. The van der Waals surface area contributed by atoms with Crippen molar-refractivity contribution in [2.45, 2.75) is 40.2 Å². The number of amides is 1. The molecule has 1 aromatic rings. The van der Waals surface area contributed by atoms with Crippen molar-refractivity contribution in [3.05, 3.63) is 29.8 Å². The van der Waals surface area contributed by atoms with Gasteiger partial charge < -0.3 is 11.1 Å². The molecule has 1 atom stereocenters. The maximum absolute atomic E-state index is 11.8. The van der Waals surface area contributed by atoms with E-state index < -0.39 is 0 Å². The van der Waals surface area contributed by atoms with Gasteiger partial charge in [0, 0.05) is 17.1 Å². The van der Waals surface area contributed by atoms with Crippen LogP contribution in [0, 0.1) is 5.41 Å². The van der Waals surface area contributed by atoms with Gasteiger partial charge in [0.05, 0.1) is 0 Å². The van der Waals surface area contributed by atoms with E-state index in [9.17, 15) is 4.79 Å². The highest BCUT2D eigenvalue weighted by Gasteiger charge is 2.20. The number of carbonyl (C=O) groups is 1. The van der Waals surface area contributed by atoms with Crippen LogP contribution in [0.4, 0.5) is 5.69 Å². The summed E-state index contributed by atoms with van der Waals surface area (Å²) in [4.78, 5) is 11.8. The van der Waals surface area contributed by atoms with Crippen LogP contribution in [-0.4, -0.2) is 11.9 Å². The molecule has 0 radical (unpaired) electrons. The zero-order valence-corrected chi connectivity index (χ0v) is 11.1. The van der Waals surface area contributed by atoms with Crippen LogP contribution in [0.25, 0.3) is 0 Å². The summed E-state index contributed by atoms with van der Waals surface area (Å²) in [5.41, 5.74) is 7.38. The Morgan fingerprint density at radius 3 is 2.24 bits per heavy atom. The van der Waals surface area contributed by atoms with E-state index in [0.29, 0.717) is 0 Å². The number of benzene rings is 1. The number of nitrogens with two attached hydrogens (primary N) is 1. The number of carbonyl (C=O) groups excluding carboxylic acids is 1. The van der Waals surface area contributed by atoms with E-state index in [-0.39, 0.29) is 17.4 Å². The maximum atomic E-state index is 11.8. The molecule has 0 fully saturated rings. The Labute approximate surface area is 103 Å². The predicted octanol–water partition coefficient (Wildman–Crippen LogP) is 2.56. The summed E-state index contributed by atoms with van der Waals surface area (Å²) < 4.78 is 0. The van der Waals surface area contributed by atoms with Crippen LogP contribution in [0.1, 0.15) is 33.3 Å². The van der Waals surface area contributed by atoms with Gasteiger partial charge >= 0.3 is 0 Å². The number of anilines is 1. The summed E-state index contributed by atoms with van der Waals surface area (Å²) in [7, 11) is 0. The van der Waals surface area contributed by atoms with E-state index in [0.717, 1.165) is 12.1 Å². The molecule has 1 unspecified atom stereocenters. The van der Waals surface area contributed by atoms with Crippen molar-refractivity contribution in [1.29, 1.82) is 0 Å². The first-order valence-corrected chi connectivity index (χ1v) is 5.95. The lowest BCUT2D eigenvalue weighted by Crippen LogP contribution is -2.27. The first kappa shape index (κ1) is 13.7. The summed E-state index contributed by atoms with van der Waals surface area (Å²) in [5, 5.41) is 2.89. The van der Waals surface area contributed by atoms with E-state index in [1.54, 1.807) is 0 Å². The number of hydrogen-bond donors (Lipinski definition) is 2. The Bertz CT molecular complexity index is 374. The number of rotatable bonds is 3. The highest BCUT2D eigenvalue weighted by atomic mass is 16.2. The van der Waals surface area contributed by atoms with Gasteiger partial charge in [-0.05, 0) is 31.0 Å². The summed E-state index contributed by atoms with van der Waals surface area (Å²) >= 11 is 0. The molecule has 0 aromatic heterocycles. The summed E-state index contributed by atoms with van der Waals surface area (Å²) in [5.74, 6) is 0.0254. The van der Waals surface area contributed by atoms with Crippen molar-refractivity contribution in [3.63, 3.8) is 0 Å². The van der Waals surface area contributed by atoms with Gasteiger partial charge in [-0.25, -0.2) is 0 Å². The largest absolute Gasteiger partial charge is 0.328 e. The second kappa shape index (κ2) is 5.32. The van der Waals surface area contributed by atoms with Gasteiger partial charge in [0.15, 0.2) is 0 Å². The SMILES string of the molecule is CC(N)Cc1ccc(NC(=O)C(C)(C)C)cc1. The monoisotopic (exact) mass is 234 g/mol. The van der Waals surface area contributed by atoms with Gasteiger partial charge in [-0.1, -0.05) is 32.9 Å². The predicted molar refractivity (Wildman–Crippen MR) is 71.9 cm³/mol. The third-order valence-electron chi connectivity index (χ3n) is 2.45. The summed E-state index contributed by atoms with van der Waals surface area (Å²) in [6.45, 7) is 7.67. The van der Waals surface area contributed by atoms with Crippen molar-refractivity contribution in [2.24, 2.45) is 11.1 Å². The van der Waals surface area contributed by atoms with Crippen LogP contribution < -0.4 is 11.1 Å². The zero-order valence-electron chi connectivity index (χ0n) is 11.1. The Hall–Kier alpha value is -1.35. The Morgan fingerprint density at radius 2 is 1.82 bits per heavy atom. The molecule has 17 heavy (non-hydrogen) atoms. The molecule has 0 saturated heterocycles. The summed E-state index contributed by atoms with van der Waals surface area (Å²) in [6, 6.07) is 8.00. The molecule has 94 valence electrons. The molecule has 3 N–H and O–H groups in total. The van der Waals surface area contributed by atoms with E-state index >= 15 is 0 Å². The van der Waals surface area contributed by atoms with Gasteiger partial charge in [-0.15, -0.1) is 0 Å². The second-order valence-corrected chi connectivity index (χ2v) is 5.58. The lowest BCUT2D eigenvalue weighted by atomic mass is 9.95. The molecule has 0 saturated carbocycles. The molecule has 0 spiro atoms. The molecular formula is C14H22N2O. The van der Waals surface area contributed by atoms with Crippen molar-refractivity contribution in [2.75, 3.05) is 5.32 Å². The smallest absolute Gasteiger partial charge is 0.229 e. The van der Waals surface area contributed by atoms with E-state index in [1.807, 2.05) is 52.0 Å². The maximum Gasteiger partial charge on any atom is 0.229 e. The quantitative estimate of drug-likeness (QED) is 0.844. The van der Waals surface area contributed by atoms with Gasteiger partial charge in [0.1, 0.15) is 0 Å². The first-order chi connectivity index (χ1) is 7.79. The molecule has 0 aliphatic rings. The molecular weight excluding hydrogens is 212 g/mol. The van der Waals surface area contributed by atoms with Crippen molar-refractivity contribution in [1.82, 2.24) is 0 Å². The van der Waals surface area contributed by atoms with E-state index in [1.165, 1.54) is 5.56 Å². The van der Waals surface area contributed by atoms with E-state index in [2.05, 4.69) is 5.32 Å². The van der Waals surface area contributed by atoms with Crippen LogP contribution in [0.5, 0.6) is 0 Å². The fourth-order valence-corrected chi connectivity index (χ4v) is 1.41. The lowest BCUT2D eigenvalue weighted by molar-refractivity contribution is -0.123. The van der Waals surface area contributed by atoms with Crippen LogP contribution in [0.15, 0.2) is 24.3 Å². The molecule has 0 aliphatic heterocycles. The van der Waals surface area contributed by atoms with Crippen molar-refractivity contribution in [3.8, 4) is 0 Å². The van der Waals surface area contributed by atoms with Gasteiger partial charge in [0.2, 0.25) is 5.91 Å². The number of hydrogen-bond acceptors (Lipinski definition) is 2. The first-order valence-electron chi connectivity index (χ1n) is 5.95. The molecule has 0 bridgehead atoms. The Balaban J connectivity index is 2.66. The van der Waals surface area contributed by atoms with Crippen molar-refractivity contribution < 1.29 is 4.79 Å². The highest BCUT2D eigenvalue weighted by Crippen LogP contribution is 2.17. The minimum atomic E-state index is -0.371. The molecule has 1 amide bonds.